The van der Waals surface area contributed by atoms with E-state index in [2.05, 4.69) is 21.2 Å². The van der Waals surface area contributed by atoms with Crippen LogP contribution >= 0.6 is 15.9 Å². The van der Waals surface area contributed by atoms with E-state index in [0.29, 0.717) is 18.8 Å². The van der Waals surface area contributed by atoms with E-state index in [9.17, 15) is 13.6 Å². The van der Waals surface area contributed by atoms with Gasteiger partial charge in [0.1, 0.15) is 23.1 Å². The molecule has 0 radical (unpaired) electrons. The maximum absolute atomic E-state index is 13.4. The molecule has 0 atom stereocenters. The molecule has 0 unspecified atom stereocenters. The summed E-state index contributed by atoms with van der Waals surface area (Å²) >= 11 is 3.33. The second kappa shape index (κ2) is 7.89. The molecular formula is C16H14BrF2NO2. The third kappa shape index (κ3) is 4.80. The molecule has 0 saturated heterocycles. The molecule has 0 aliphatic rings. The zero-order valence-electron chi connectivity index (χ0n) is 11.6. The summed E-state index contributed by atoms with van der Waals surface area (Å²) in [7, 11) is 0. The van der Waals surface area contributed by atoms with Crippen molar-refractivity contribution in [3.63, 3.8) is 0 Å². The van der Waals surface area contributed by atoms with Gasteiger partial charge in [-0.05, 0) is 36.8 Å². The number of carbonyl (C=O) groups excluding carboxylic acids is 1. The number of benzene rings is 2. The number of hydrogen-bond donors (Lipinski definition) is 1. The second-order valence-corrected chi connectivity index (χ2v) is 5.47. The van der Waals surface area contributed by atoms with Crippen LogP contribution in [-0.2, 0) is 4.79 Å². The number of carbonyl (C=O) groups is 1. The van der Waals surface area contributed by atoms with E-state index in [1.165, 1.54) is 6.07 Å². The Bertz CT molecular complexity index is 644. The molecule has 0 saturated carbocycles. The second-order valence-electron chi connectivity index (χ2n) is 4.55. The molecule has 2 aromatic carbocycles. The summed E-state index contributed by atoms with van der Waals surface area (Å²) < 4.78 is 33.1. The van der Waals surface area contributed by atoms with Gasteiger partial charge >= 0.3 is 0 Å². The van der Waals surface area contributed by atoms with Gasteiger partial charge in [-0.15, -0.1) is 0 Å². The Kier molecular flexibility index (Phi) is 5.89. The molecule has 3 nitrogen and oxygen atoms in total. The number of amides is 1. The van der Waals surface area contributed by atoms with E-state index in [1.54, 1.807) is 6.07 Å². The van der Waals surface area contributed by atoms with Gasteiger partial charge in [-0.2, -0.15) is 0 Å². The predicted molar refractivity (Wildman–Crippen MR) is 83.9 cm³/mol. The van der Waals surface area contributed by atoms with E-state index in [0.717, 1.165) is 16.6 Å². The van der Waals surface area contributed by atoms with Gasteiger partial charge in [0.25, 0.3) is 0 Å². The summed E-state index contributed by atoms with van der Waals surface area (Å²) in [5.41, 5.74) is -0.416. The number of nitrogens with one attached hydrogen (secondary N) is 1. The molecule has 0 heterocycles. The zero-order chi connectivity index (χ0) is 15.9. The normalized spacial score (nSPS) is 10.3. The lowest BCUT2D eigenvalue weighted by molar-refractivity contribution is -0.116. The minimum atomic E-state index is -0.793. The smallest absolute Gasteiger partial charge is 0.224 e. The van der Waals surface area contributed by atoms with Crippen molar-refractivity contribution in [2.45, 2.75) is 12.8 Å². The Morgan fingerprint density at radius 1 is 1.14 bits per heavy atom. The highest BCUT2D eigenvalue weighted by atomic mass is 79.9. The Morgan fingerprint density at radius 3 is 2.50 bits per heavy atom. The van der Waals surface area contributed by atoms with Gasteiger partial charge in [0.05, 0.1) is 6.61 Å². The fourth-order valence-electron chi connectivity index (χ4n) is 1.80. The van der Waals surface area contributed by atoms with Crippen LogP contribution in [0, 0.1) is 11.6 Å². The SMILES string of the molecule is O=C(CCCOc1cccc(Br)c1)Nc1c(F)cccc1F. The standard InChI is InChI=1S/C16H14BrF2NO2/c17-11-4-1-5-12(10-11)22-9-3-8-15(21)20-16-13(18)6-2-7-14(16)19/h1-2,4-7,10H,3,8-9H2,(H,20,21). The van der Waals surface area contributed by atoms with Crippen LogP contribution in [0.5, 0.6) is 5.75 Å². The van der Waals surface area contributed by atoms with Gasteiger partial charge in [-0.1, -0.05) is 28.1 Å². The number of anilines is 1. The third-order valence-corrected chi connectivity index (χ3v) is 3.33. The predicted octanol–water partition coefficient (Wildman–Crippen LogP) is 4.53. The summed E-state index contributed by atoms with van der Waals surface area (Å²) in [5.74, 6) is -1.35. The average Bonchev–Trinajstić information content (AvgIpc) is 2.48. The van der Waals surface area contributed by atoms with Crippen LogP contribution in [0.1, 0.15) is 12.8 Å². The van der Waals surface area contributed by atoms with Crippen LogP contribution in [0.15, 0.2) is 46.9 Å². The van der Waals surface area contributed by atoms with Gasteiger partial charge in [0.15, 0.2) is 0 Å². The number of hydrogen-bond acceptors (Lipinski definition) is 2. The first-order valence-corrected chi connectivity index (χ1v) is 7.48. The van der Waals surface area contributed by atoms with E-state index < -0.39 is 23.2 Å². The Hall–Kier alpha value is -1.95. The van der Waals surface area contributed by atoms with E-state index >= 15 is 0 Å². The summed E-state index contributed by atoms with van der Waals surface area (Å²) in [5, 5.41) is 2.23. The Labute approximate surface area is 135 Å². The maximum atomic E-state index is 13.4. The van der Waals surface area contributed by atoms with E-state index in [4.69, 9.17) is 4.74 Å². The summed E-state index contributed by atoms with van der Waals surface area (Å²) in [6, 6.07) is 10.8. The minimum Gasteiger partial charge on any atom is -0.494 e. The number of rotatable bonds is 6. The first kappa shape index (κ1) is 16.4. The monoisotopic (exact) mass is 369 g/mol. The van der Waals surface area contributed by atoms with Crippen molar-refractivity contribution in [3.05, 3.63) is 58.6 Å². The van der Waals surface area contributed by atoms with Gasteiger partial charge in [-0.25, -0.2) is 8.78 Å². The fraction of sp³-hybridized carbons (Fsp3) is 0.188. The van der Waals surface area contributed by atoms with Crippen molar-refractivity contribution in [2.24, 2.45) is 0 Å². The van der Waals surface area contributed by atoms with Crippen molar-refractivity contribution in [2.75, 3.05) is 11.9 Å². The molecule has 0 aliphatic heterocycles. The van der Waals surface area contributed by atoms with Crippen molar-refractivity contribution in [1.82, 2.24) is 0 Å². The van der Waals surface area contributed by atoms with Crippen molar-refractivity contribution < 1.29 is 18.3 Å². The summed E-state index contributed by atoms with van der Waals surface area (Å²) in [6.45, 7) is 0.337. The molecule has 2 aromatic rings. The molecular weight excluding hydrogens is 356 g/mol. The van der Waals surface area contributed by atoms with Gasteiger partial charge in [0, 0.05) is 10.9 Å². The summed E-state index contributed by atoms with van der Waals surface area (Å²) in [4.78, 5) is 11.7. The van der Waals surface area contributed by atoms with Crippen molar-refractivity contribution in [3.8, 4) is 5.75 Å². The molecule has 0 bridgehead atoms. The lowest BCUT2D eigenvalue weighted by Crippen LogP contribution is -2.15. The highest BCUT2D eigenvalue weighted by molar-refractivity contribution is 9.10. The van der Waals surface area contributed by atoms with Crippen LogP contribution in [0.3, 0.4) is 0 Å². The van der Waals surface area contributed by atoms with Crippen LogP contribution in [-0.4, -0.2) is 12.5 Å². The Balaban J connectivity index is 1.76. The highest BCUT2D eigenvalue weighted by Gasteiger charge is 2.11. The molecule has 1 amide bonds. The molecule has 22 heavy (non-hydrogen) atoms. The van der Waals surface area contributed by atoms with Crippen LogP contribution in [0.4, 0.5) is 14.5 Å². The molecule has 2 rings (SSSR count). The molecule has 6 heteroatoms. The van der Waals surface area contributed by atoms with Crippen LogP contribution < -0.4 is 10.1 Å². The number of para-hydroxylation sites is 1. The van der Waals surface area contributed by atoms with E-state index in [-0.39, 0.29) is 6.42 Å². The van der Waals surface area contributed by atoms with Crippen LogP contribution in [0.2, 0.25) is 0 Å². The fourth-order valence-corrected chi connectivity index (χ4v) is 2.18. The van der Waals surface area contributed by atoms with Gasteiger partial charge < -0.3 is 10.1 Å². The van der Waals surface area contributed by atoms with Crippen molar-refractivity contribution >= 4 is 27.5 Å². The molecule has 116 valence electrons. The molecule has 0 aliphatic carbocycles. The largest absolute Gasteiger partial charge is 0.494 e. The molecule has 0 spiro atoms. The number of ether oxygens (including phenoxy) is 1. The van der Waals surface area contributed by atoms with E-state index in [1.807, 2.05) is 18.2 Å². The highest BCUT2D eigenvalue weighted by Crippen LogP contribution is 2.19. The van der Waals surface area contributed by atoms with Gasteiger partial charge in [0.2, 0.25) is 5.91 Å². The Morgan fingerprint density at radius 2 is 1.82 bits per heavy atom. The lowest BCUT2D eigenvalue weighted by atomic mass is 10.2. The lowest BCUT2D eigenvalue weighted by Gasteiger charge is -2.08. The average molecular weight is 370 g/mol. The zero-order valence-corrected chi connectivity index (χ0v) is 13.2. The van der Waals surface area contributed by atoms with Gasteiger partial charge in [-0.3, -0.25) is 4.79 Å². The minimum absolute atomic E-state index is 0.113. The number of halogens is 3. The van der Waals surface area contributed by atoms with Crippen LogP contribution in [0.25, 0.3) is 0 Å². The molecule has 0 fully saturated rings. The summed E-state index contributed by atoms with van der Waals surface area (Å²) in [6.07, 6.45) is 0.552. The molecule has 0 aromatic heterocycles. The maximum Gasteiger partial charge on any atom is 0.224 e. The first-order chi connectivity index (χ1) is 10.6. The first-order valence-electron chi connectivity index (χ1n) is 6.68. The third-order valence-electron chi connectivity index (χ3n) is 2.84. The van der Waals surface area contributed by atoms with Crippen molar-refractivity contribution in [1.29, 1.82) is 0 Å². The topological polar surface area (TPSA) is 38.3 Å². The molecule has 1 N–H and O–H groups in total. The quantitative estimate of drug-likeness (QED) is 0.759.